The molecule has 0 aliphatic heterocycles. The van der Waals surface area contributed by atoms with Gasteiger partial charge < -0.3 is 0 Å². The van der Waals surface area contributed by atoms with Crippen molar-refractivity contribution in [2.45, 2.75) is 27.7 Å². The molecule has 0 radical (unpaired) electrons. The van der Waals surface area contributed by atoms with Gasteiger partial charge in [0.25, 0.3) is 0 Å². The minimum absolute atomic E-state index is 0.489. The van der Waals surface area contributed by atoms with E-state index in [1.165, 1.54) is 0 Å². The lowest BCUT2D eigenvalue weighted by Crippen LogP contribution is -2.00. The molecular weight excluding hydrogens is 182 g/mol. The zero-order chi connectivity index (χ0) is 11.4. The van der Waals surface area contributed by atoms with Crippen LogP contribution >= 0.6 is 0 Å². The van der Waals surface area contributed by atoms with Gasteiger partial charge in [-0.1, -0.05) is 38.6 Å². The highest BCUT2D eigenvalue weighted by Crippen LogP contribution is 2.25. The Morgan fingerprint density at radius 1 is 1.20 bits per heavy atom. The number of allylic oxidation sites excluding steroid dienone is 1. The van der Waals surface area contributed by atoms with E-state index in [2.05, 4.69) is 38.4 Å². The van der Waals surface area contributed by atoms with E-state index in [0.717, 1.165) is 22.5 Å². The second kappa shape index (κ2) is 4.92. The van der Waals surface area contributed by atoms with E-state index in [0.29, 0.717) is 5.92 Å². The molecule has 0 aliphatic carbocycles. The second-order valence-corrected chi connectivity index (χ2v) is 4.21. The van der Waals surface area contributed by atoms with Gasteiger partial charge in [0, 0.05) is 11.3 Å². The predicted octanol–water partition coefficient (Wildman–Crippen LogP) is 4.47. The third-order valence-corrected chi connectivity index (χ3v) is 2.50. The molecule has 0 spiro atoms. The van der Waals surface area contributed by atoms with Gasteiger partial charge in [-0.2, -0.15) is 0 Å². The first-order chi connectivity index (χ1) is 7.02. The van der Waals surface area contributed by atoms with Crippen LogP contribution in [-0.4, -0.2) is 5.71 Å². The molecule has 0 heterocycles. The molecule has 1 aromatic carbocycles. The SMILES string of the molecule is C=C(C)c1ccccc1N=C(C)C(C)C. The summed E-state index contributed by atoms with van der Waals surface area (Å²) in [6, 6.07) is 8.14. The highest BCUT2D eigenvalue weighted by Gasteiger charge is 2.03. The Labute approximate surface area is 92.6 Å². The molecule has 1 rings (SSSR count). The van der Waals surface area contributed by atoms with Crippen LogP contribution in [0.3, 0.4) is 0 Å². The summed E-state index contributed by atoms with van der Waals surface area (Å²) in [7, 11) is 0. The van der Waals surface area contributed by atoms with Crippen LogP contribution in [0.25, 0.3) is 5.57 Å². The third kappa shape index (κ3) is 3.05. The Kier molecular flexibility index (Phi) is 3.84. The smallest absolute Gasteiger partial charge is 0.0703 e. The molecule has 1 nitrogen and oxygen atoms in total. The molecule has 0 N–H and O–H groups in total. The summed E-state index contributed by atoms with van der Waals surface area (Å²) < 4.78 is 0. The van der Waals surface area contributed by atoms with E-state index in [9.17, 15) is 0 Å². The van der Waals surface area contributed by atoms with Crippen molar-refractivity contribution in [2.75, 3.05) is 0 Å². The third-order valence-electron chi connectivity index (χ3n) is 2.50. The summed E-state index contributed by atoms with van der Waals surface area (Å²) in [6.07, 6.45) is 0. The molecular formula is C14H19N. The van der Waals surface area contributed by atoms with Crippen molar-refractivity contribution in [3.05, 3.63) is 36.4 Å². The van der Waals surface area contributed by atoms with Crippen LogP contribution in [0.15, 0.2) is 35.8 Å². The minimum Gasteiger partial charge on any atom is -0.257 e. The van der Waals surface area contributed by atoms with E-state index in [-0.39, 0.29) is 0 Å². The molecule has 1 aromatic rings. The van der Waals surface area contributed by atoms with Gasteiger partial charge in [-0.25, -0.2) is 0 Å². The lowest BCUT2D eigenvalue weighted by atomic mass is 10.1. The Morgan fingerprint density at radius 3 is 2.33 bits per heavy atom. The van der Waals surface area contributed by atoms with Crippen LogP contribution in [-0.2, 0) is 0 Å². The number of rotatable bonds is 3. The van der Waals surface area contributed by atoms with Crippen LogP contribution in [0, 0.1) is 5.92 Å². The van der Waals surface area contributed by atoms with Gasteiger partial charge in [0.05, 0.1) is 5.69 Å². The zero-order valence-corrected chi connectivity index (χ0v) is 10.0. The Balaban J connectivity index is 3.15. The number of nitrogens with zero attached hydrogens (tertiary/aromatic N) is 1. The number of para-hydroxylation sites is 1. The molecule has 80 valence electrons. The van der Waals surface area contributed by atoms with Crippen LogP contribution in [0.1, 0.15) is 33.3 Å². The molecule has 0 aliphatic rings. The van der Waals surface area contributed by atoms with Crippen molar-refractivity contribution in [1.29, 1.82) is 0 Å². The summed E-state index contributed by atoms with van der Waals surface area (Å²) in [6.45, 7) is 12.4. The Hall–Kier alpha value is -1.37. The topological polar surface area (TPSA) is 12.4 Å². The van der Waals surface area contributed by atoms with Gasteiger partial charge in [-0.05, 0) is 31.4 Å². The van der Waals surface area contributed by atoms with Gasteiger partial charge in [0.1, 0.15) is 0 Å². The highest BCUT2D eigenvalue weighted by atomic mass is 14.7. The molecule has 15 heavy (non-hydrogen) atoms. The van der Waals surface area contributed by atoms with Crippen molar-refractivity contribution in [3.8, 4) is 0 Å². The van der Waals surface area contributed by atoms with Gasteiger partial charge in [0.15, 0.2) is 0 Å². The fraction of sp³-hybridized carbons (Fsp3) is 0.357. The largest absolute Gasteiger partial charge is 0.257 e. The molecule has 0 fully saturated rings. The molecule has 0 atom stereocenters. The van der Waals surface area contributed by atoms with E-state index in [1.807, 2.05) is 25.1 Å². The standard InChI is InChI=1S/C14H19N/c1-10(2)12(5)15-14-9-7-6-8-13(14)11(3)4/h6-10H,3H2,1-2,4-5H3. The van der Waals surface area contributed by atoms with Crippen molar-refractivity contribution in [3.63, 3.8) is 0 Å². The maximum atomic E-state index is 4.64. The maximum Gasteiger partial charge on any atom is 0.0703 e. The predicted molar refractivity (Wildman–Crippen MR) is 68.8 cm³/mol. The summed E-state index contributed by atoms with van der Waals surface area (Å²) >= 11 is 0. The molecule has 0 saturated heterocycles. The van der Waals surface area contributed by atoms with E-state index in [4.69, 9.17) is 0 Å². The van der Waals surface area contributed by atoms with Gasteiger partial charge >= 0.3 is 0 Å². The van der Waals surface area contributed by atoms with E-state index in [1.54, 1.807) is 0 Å². The number of aliphatic imine (C=N–C) groups is 1. The van der Waals surface area contributed by atoms with Crippen molar-refractivity contribution >= 4 is 17.0 Å². The van der Waals surface area contributed by atoms with Crippen LogP contribution in [0.2, 0.25) is 0 Å². The molecule has 0 unspecified atom stereocenters. The molecule has 0 amide bonds. The molecule has 0 aromatic heterocycles. The number of benzene rings is 1. The first-order valence-electron chi connectivity index (χ1n) is 5.32. The lowest BCUT2D eigenvalue weighted by Gasteiger charge is -2.08. The van der Waals surface area contributed by atoms with Crippen molar-refractivity contribution in [2.24, 2.45) is 10.9 Å². The summed E-state index contributed by atoms with van der Waals surface area (Å²) in [5, 5.41) is 0. The second-order valence-electron chi connectivity index (χ2n) is 4.21. The molecule has 1 heteroatoms. The Morgan fingerprint density at radius 2 is 1.80 bits per heavy atom. The monoisotopic (exact) mass is 201 g/mol. The Bertz CT molecular complexity index is 386. The minimum atomic E-state index is 0.489. The average molecular weight is 201 g/mol. The summed E-state index contributed by atoms with van der Waals surface area (Å²) in [5.74, 6) is 0.489. The van der Waals surface area contributed by atoms with E-state index >= 15 is 0 Å². The van der Waals surface area contributed by atoms with E-state index < -0.39 is 0 Å². The molecule has 0 saturated carbocycles. The summed E-state index contributed by atoms with van der Waals surface area (Å²) in [5.41, 5.74) is 4.38. The average Bonchev–Trinajstić information content (AvgIpc) is 2.18. The van der Waals surface area contributed by atoms with Crippen LogP contribution < -0.4 is 0 Å². The van der Waals surface area contributed by atoms with Crippen molar-refractivity contribution < 1.29 is 0 Å². The normalized spacial score (nSPS) is 11.9. The fourth-order valence-electron chi connectivity index (χ4n) is 1.25. The quantitative estimate of drug-likeness (QED) is 0.640. The van der Waals surface area contributed by atoms with Gasteiger partial charge in [-0.15, -0.1) is 0 Å². The fourth-order valence-corrected chi connectivity index (χ4v) is 1.25. The van der Waals surface area contributed by atoms with Gasteiger partial charge in [-0.3, -0.25) is 4.99 Å². The van der Waals surface area contributed by atoms with Crippen molar-refractivity contribution in [1.82, 2.24) is 0 Å². The highest BCUT2D eigenvalue weighted by molar-refractivity contribution is 5.88. The first-order valence-corrected chi connectivity index (χ1v) is 5.32. The van der Waals surface area contributed by atoms with Crippen LogP contribution in [0.5, 0.6) is 0 Å². The zero-order valence-electron chi connectivity index (χ0n) is 10.0. The summed E-state index contributed by atoms with van der Waals surface area (Å²) in [4.78, 5) is 4.64. The maximum absolute atomic E-state index is 4.64. The first kappa shape index (κ1) is 11.7. The lowest BCUT2D eigenvalue weighted by molar-refractivity contribution is 0.879. The molecule has 0 bridgehead atoms. The number of hydrogen-bond donors (Lipinski definition) is 0. The van der Waals surface area contributed by atoms with Gasteiger partial charge in [0.2, 0.25) is 0 Å². The van der Waals surface area contributed by atoms with Crippen LogP contribution in [0.4, 0.5) is 5.69 Å². The number of hydrogen-bond acceptors (Lipinski definition) is 1.